The van der Waals surface area contributed by atoms with Crippen LogP contribution in [0.2, 0.25) is 0 Å². The molecule has 0 spiro atoms. The molecule has 0 saturated carbocycles. The maximum absolute atomic E-state index is 11.2. The Labute approximate surface area is 117 Å². The summed E-state index contributed by atoms with van der Waals surface area (Å²) in [4.78, 5) is 12.4. The van der Waals surface area contributed by atoms with E-state index in [1.165, 1.54) is 11.3 Å². The third-order valence-electron chi connectivity index (χ3n) is 3.07. The van der Waals surface area contributed by atoms with Gasteiger partial charge < -0.3 is 5.11 Å². The first-order valence-electron chi connectivity index (χ1n) is 6.47. The number of hydrogen-bond acceptors (Lipinski definition) is 2. The van der Waals surface area contributed by atoms with Gasteiger partial charge in [0.2, 0.25) is 0 Å². The Kier molecular flexibility index (Phi) is 4.48. The molecule has 2 rings (SSSR count). The third-order valence-corrected chi connectivity index (χ3v) is 4.17. The maximum Gasteiger partial charge on any atom is 0.336 e. The highest BCUT2D eigenvalue weighted by molar-refractivity contribution is 7.99. The van der Waals surface area contributed by atoms with Gasteiger partial charge in [0.25, 0.3) is 0 Å². The zero-order chi connectivity index (χ0) is 13.8. The van der Waals surface area contributed by atoms with Crippen LogP contribution in [0.25, 0.3) is 10.8 Å². The summed E-state index contributed by atoms with van der Waals surface area (Å²) in [7, 11) is 0. The van der Waals surface area contributed by atoms with Gasteiger partial charge in [0, 0.05) is 4.90 Å². The maximum atomic E-state index is 11.2. The highest BCUT2D eigenvalue weighted by Crippen LogP contribution is 2.31. The summed E-state index contributed by atoms with van der Waals surface area (Å²) in [5.41, 5.74) is 0.379. The van der Waals surface area contributed by atoms with Gasteiger partial charge in [-0.2, -0.15) is 0 Å². The molecule has 2 aromatic carbocycles. The molecule has 3 heteroatoms. The van der Waals surface area contributed by atoms with E-state index in [1.54, 1.807) is 17.8 Å². The fraction of sp³-hybridized carbons (Fsp3) is 0.312. The van der Waals surface area contributed by atoms with Crippen molar-refractivity contribution in [3.63, 3.8) is 0 Å². The third kappa shape index (κ3) is 3.29. The van der Waals surface area contributed by atoms with Gasteiger partial charge in [-0.25, -0.2) is 4.79 Å². The van der Waals surface area contributed by atoms with Gasteiger partial charge >= 0.3 is 5.97 Å². The summed E-state index contributed by atoms with van der Waals surface area (Å²) in [5.74, 6) is 0.889. The van der Waals surface area contributed by atoms with Crippen molar-refractivity contribution in [1.82, 2.24) is 0 Å². The van der Waals surface area contributed by atoms with Crippen molar-refractivity contribution in [3.05, 3.63) is 42.0 Å². The number of carbonyl (C=O) groups is 1. The van der Waals surface area contributed by atoms with Crippen molar-refractivity contribution in [2.45, 2.75) is 25.2 Å². The van der Waals surface area contributed by atoms with Crippen molar-refractivity contribution in [3.8, 4) is 0 Å². The monoisotopic (exact) mass is 274 g/mol. The Morgan fingerprint density at radius 3 is 2.47 bits per heavy atom. The molecule has 100 valence electrons. The molecule has 0 unspecified atom stereocenters. The van der Waals surface area contributed by atoms with Gasteiger partial charge in [0.15, 0.2) is 0 Å². The number of aromatic carboxylic acids is 1. The van der Waals surface area contributed by atoms with Gasteiger partial charge in [-0.1, -0.05) is 38.1 Å². The Bertz CT molecular complexity index is 590. The van der Waals surface area contributed by atoms with Gasteiger partial charge in [0.1, 0.15) is 0 Å². The summed E-state index contributed by atoms with van der Waals surface area (Å²) in [6.07, 6.45) is 1.17. The summed E-state index contributed by atoms with van der Waals surface area (Å²) in [6, 6.07) is 11.4. The average Bonchev–Trinajstić information content (AvgIpc) is 2.38. The fourth-order valence-corrected chi connectivity index (χ4v) is 3.30. The van der Waals surface area contributed by atoms with Gasteiger partial charge in [-0.15, -0.1) is 11.8 Å². The molecule has 2 nitrogen and oxygen atoms in total. The van der Waals surface area contributed by atoms with Crippen LogP contribution in [0.1, 0.15) is 30.6 Å². The minimum atomic E-state index is -0.866. The van der Waals surface area contributed by atoms with E-state index in [1.807, 2.05) is 30.3 Å². The van der Waals surface area contributed by atoms with Crippen LogP contribution in [0.4, 0.5) is 0 Å². The molecule has 0 bridgehead atoms. The lowest BCUT2D eigenvalue weighted by Gasteiger charge is -2.09. The minimum absolute atomic E-state index is 0.379. The van der Waals surface area contributed by atoms with E-state index in [-0.39, 0.29) is 0 Å². The molecule has 0 aliphatic rings. The Morgan fingerprint density at radius 2 is 1.84 bits per heavy atom. The van der Waals surface area contributed by atoms with E-state index in [0.29, 0.717) is 11.5 Å². The van der Waals surface area contributed by atoms with Crippen molar-refractivity contribution >= 4 is 28.5 Å². The lowest BCUT2D eigenvalue weighted by molar-refractivity contribution is 0.0699. The molecular formula is C16H18O2S. The smallest absolute Gasteiger partial charge is 0.336 e. The van der Waals surface area contributed by atoms with Gasteiger partial charge in [0.05, 0.1) is 5.56 Å². The molecule has 0 aliphatic heterocycles. The molecule has 0 aliphatic carbocycles. The van der Waals surface area contributed by atoms with E-state index in [9.17, 15) is 9.90 Å². The zero-order valence-corrected chi connectivity index (χ0v) is 12.0. The summed E-state index contributed by atoms with van der Waals surface area (Å²) < 4.78 is 0. The summed E-state index contributed by atoms with van der Waals surface area (Å²) in [5, 5.41) is 11.1. The van der Waals surface area contributed by atoms with Crippen molar-refractivity contribution in [1.29, 1.82) is 0 Å². The Morgan fingerprint density at radius 1 is 1.16 bits per heavy atom. The fourth-order valence-electron chi connectivity index (χ4n) is 1.99. The second-order valence-corrected chi connectivity index (χ2v) is 6.13. The number of hydrogen-bond donors (Lipinski definition) is 1. The number of rotatable bonds is 5. The predicted octanol–water partition coefficient (Wildman–Crippen LogP) is 4.68. The highest BCUT2D eigenvalue weighted by Gasteiger charge is 2.11. The first-order chi connectivity index (χ1) is 9.09. The topological polar surface area (TPSA) is 37.3 Å². The van der Waals surface area contributed by atoms with E-state index >= 15 is 0 Å². The number of carboxylic acid groups (broad SMARTS) is 1. The van der Waals surface area contributed by atoms with Gasteiger partial charge in [-0.05, 0) is 41.0 Å². The largest absolute Gasteiger partial charge is 0.478 e. The number of carboxylic acids is 1. The Balaban J connectivity index is 2.36. The molecule has 0 aromatic heterocycles. The van der Waals surface area contributed by atoms with E-state index in [0.717, 1.165) is 16.5 Å². The standard InChI is InChI=1S/C16H18O2S/c1-11(2)9-10-19-15-8-7-14(16(17)18)12-5-3-4-6-13(12)15/h3-8,11H,9-10H2,1-2H3,(H,17,18). The molecule has 19 heavy (non-hydrogen) atoms. The van der Waals surface area contributed by atoms with Crippen LogP contribution >= 0.6 is 11.8 Å². The summed E-state index contributed by atoms with van der Waals surface area (Å²) in [6.45, 7) is 4.43. The quantitative estimate of drug-likeness (QED) is 0.805. The second kappa shape index (κ2) is 6.11. The van der Waals surface area contributed by atoms with Crippen molar-refractivity contribution in [2.75, 3.05) is 5.75 Å². The normalized spacial score (nSPS) is 11.1. The van der Waals surface area contributed by atoms with Crippen LogP contribution in [-0.2, 0) is 0 Å². The van der Waals surface area contributed by atoms with Crippen LogP contribution in [0.5, 0.6) is 0 Å². The van der Waals surface area contributed by atoms with Crippen molar-refractivity contribution in [2.24, 2.45) is 5.92 Å². The summed E-state index contributed by atoms with van der Waals surface area (Å²) >= 11 is 1.81. The number of fused-ring (bicyclic) bond motifs is 1. The number of thioether (sulfide) groups is 1. The van der Waals surface area contributed by atoms with Crippen LogP contribution in [-0.4, -0.2) is 16.8 Å². The van der Waals surface area contributed by atoms with E-state index in [4.69, 9.17) is 0 Å². The van der Waals surface area contributed by atoms with Crippen LogP contribution < -0.4 is 0 Å². The minimum Gasteiger partial charge on any atom is -0.478 e. The van der Waals surface area contributed by atoms with Crippen LogP contribution in [0.3, 0.4) is 0 Å². The molecule has 0 radical (unpaired) electrons. The SMILES string of the molecule is CC(C)CCSc1ccc(C(=O)O)c2ccccc12. The number of benzene rings is 2. The molecule has 0 fully saturated rings. The van der Waals surface area contributed by atoms with Crippen LogP contribution in [0.15, 0.2) is 41.3 Å². The van der Waals surface area contributed by atoms with Crippen molar-refractivity contribution < 1.29 is 9.90 Å². The molecule has 1 N–H and O–H groups in total. The first-order valence-corrected chi connectivity index (χ1v) is 7.46. The zero-order valence-electron chi connectivity index (χ0n) is 11.2. The van der Waals surface area contributed by atoms with Gasteiger partial charge in [-0.3, -0.25) is 0 Å². The predicted molar refractivity (Wildman–Crippen MR) is 81.1 cm³/mol. The first kappa shape index (κ1) is 13.9. The Hall–Kier alpha value is -1.48. The molecule has 0 amide bonds. The highest BCUT2D eigenvalue weighted by atomic mass is 32.2. The molecule has 2 aromatic rings. The lowest BCUT2D eigenvalue weighted by Crippen LogP contribution is -1.98. The molecular weight excluding hydrogens is 256 g/mol. The molecule has 0 saturated heterocycles. The van der Waals surface area contributed by atoms with E-state index < -0.39 is 5.97 Å². The van der Waals surface area contributed by atoms with Crippen LogP contribution in [0, 0.1) is 5.92 Å². The second-order valence-electron chi connectivity index (χ2n) is 4.99. The average molecular weight is 274 g/mol. The molecule has 0 atom stereocenters. The van der Waals surface area contributed by atoms with E-state index in [2.05, 4.69) is 13.8 Å². The lowest BCUT2D eigenvalue weighted by atomic mass is 10.0. The molecule has 0 heterocycles.